The highest BCUT2D eigenvalue weighted by Crippen LogP contribution is 2.06. The van der Waals surface area contributed by atoms with Gasteiger partial charge in [0.1, 0.15) is 12.1 Å². The number of nitrogens with zero attached hydrogens (tertiary/aromatic N) is 4. The highest BCUT2D eigenvalue weighted by atomic mass is 32.2. The van der Waals surface area contributed by atoms with Crippen molar-refractivity contribution in [2.45, 2.75) is 26.3 Å². The number of aliphatic imine (C=N–C) groups is 1. The lowest BCUT2D eigenvalue weighted by atomic mass is 10.3. The molecule has 2 heterocycles. The van der Waals surface area contributed by atoms with Crippen LogP contribution in [0.15, 0.2) is 42.0 Å². The minimum absolute atomic E-state index is 0.608. The van der Waals surface area contributed by atoms with Crippen LogP contribution in [0.25, 0.3) is 5.82 Å². The van der Waals surface area contributed by atoms with Gasteiger partial charge >= 0.3 is 0 Å². The lowest BCUT2D eigenvalue weighted by Crippen LogP contribution is -2.37. The summed E-state index contributed by atoms with van der Waals surface area (Å²) in [5.74, 6) is 2.93. The Bertz CT molecular complexity index is 594. The average Bonchev–Trinajstić information content (AvgIpc) is 3.14. The molecule has 2 N–H and O–H groups in total. The molecule has 2 aromatic rings. The van der Waals surface area contributed by atoms with Gasteiger partial charge in [-0.05, 0) is 43.4 Å². The van der Waals surface area contributed by atoms with Crippen molar-refractivity contribution in [2.75, 3.05) is 25.1 Å². The van der Waals surface area contributed by atoms with Crippen LogP contribution in [0, 0.1) is 0 Å². The summed E-state index contributed by atoms with van der Waals surface area (Å²) < 4.78 is 1.88. The van der Waals surface area contributed by atoms with Gasteiger partial charge < -0.3 is 10.6 Å². The zero-order valence-electron chi connectivity index (χ0n) is 14.4. The number of nitrogens with one attached hydrogen (secondary N) is 2. The van der Waals surface area contributed by atoms with Crippen LogP contribution in [0.3, 0.4) is 0 Å². The number of thioether (sulfide) groups is 1. The minimum atomic E-state index is 0.608. The van der Waals surface area contributed by atoms with E-state index in [9.17, 15) is 0 Å². The van der Waals surface area contributed by atoms with E-state index < -0.39 is 0 Å². The standard InChI is InChI=1S/C17H26N6S/c1-3-19-17(20-8-4-5-11-24-2)22-13-15-6-7-16(21-12-15)23-10-9-18-14-23/h6-7,9-10,12,14H,3-5,8,11,13H2,1-2H3,(H2,19,20,22). The van der Waals surface area contributed by atoms with E-state index in [0.29, 0.717) is 6.54 Å². The molecule has 0 bridgehead atoms. The number of hydrogen-bond donors (Lipinski definition) is 2. The van der Waals surface area contributed by atoms with Crippen molar-refractivity contribution in [2.24, 2.45) is 4.99 Å². The van der Waals surface area contributed by atoms with Crippen LogP contribution in [0.2, 0.25) is 0 Å². The fraction of sp³-hybridized carbons (Fsp3) is 0.471. The number of unbranched alkanes of at least 4 members (excludes halogenated alkanes) is 1. The van der Waals surface area contributed by atoms with E-state index in [2.05, 4.69) is 38.8 Å². The van der Waals surface area contributed by atoms with Crippen LogP contribution < -0.4 is 10.6 Å². The fourth-order valence-electron chi connectivity index (χ4n) is 2.15. The summed E-state index contributed by atoms with van der Waals surface area (Å²) in [6.45, 7) is 4.49. The van der Waals surface area contributed by atoms with Crippen molar-refractivity contribution in [3.63, 3.8) is 0 Å². The van der Waals surface area contributed by atoms with E-state index >= 15 is 0 Å². The summed E-state index contributed by atoms with van der Waals surface area (Å²) in [5.41, 5.74) is 1.08. The molecule has 0 spiro atoms. The van der Waals surface area contributed by atoms with Crippen molar-refractivity contribution in [1.29, 1.82) is 0 Å². The van der Waals surface area contributed by atoms with E-state index in [4.69, 9.17) is 0 Å². The monoisotopic (exact) mass is 346 g/mol. The molecule has 0 amide bonds. The molecule has 0 aliphatic heterocycles. The Labute approximate surface area is 148 Å². The van der Waals surface area contributed by atoms with Crippen molar-refractivity contribution in [3.8, 4) is 5.82 Å². The lowest BCUT2D eigenvalue weighted by Gasteiger charge is -2.11. The SMILES string of the molecule is CCNC(=NCc1ccc(-n2ccnc2)nc1)NCCCCSC. The number of pyridine rings is 1. The zero-order chi connectivity index (χ0) is 17.0. The van der Waals surface area contributed by atoms with Crippen molar-refractivity contribution in [3.05, 3.63) is 42.6 Å². The quantitative estimate of drug-likeness (QED) is 0.415. The van der Waals surface area contributed by atoms with Crippen LogP contribution in [0.1, 0.15) is 25.3 Å². The second-order valence-electron chi connectivity index (χ2n) is 5.32. The van der Waals surface area contributed by atoms with Gasteiger partial charge in [-0.15, -0.1) is 0 Å². The third kappa shape index (κ3) is 6.23. The predicted molar refractivity (Wildman–Crippen MR) is 102 cm³/mol. The Morgan fingerprint density at radius 2 is 2.21 bits per heavy atom. The number of imidazole rings is 1. The van der Waals surface area contributed by atoms with Crippen LogP contribution in [0.5, 0.6) is 0 Å². The first kappa shape index (κ1) is 18.3. The molecule has 0 saturated heterocycles. The predicted octanol–water partition coefficient (Wildman–Crippen LogP) is 2.47. The topological polar surface area (TPSA) is 67.1 Å². The third-order valence-corrected chi connectivity index (χ3v) is 4.11. The van der Waals surface area contributed by atoms with E-state index in [0.717, 1.165) is 36.9 Å². The van der Waals surface area contributed by atoms with E-state index in [1.807, 2.05) is 40.9 Å². The summed E-state index contributed by atoms with van der Waals surface area (Å²) in [6.07, 6.45) is 11.8. The van der Waals surface area contributed by atoms with Gasteiger partial charge in [0.15, 0.2) is 5.96 Å². The van der Waals surface area contributed by atoms with Gasteiger partial charge in [0.25, 0.3) is 0 Å². The highest BCUT2D eigenvalue weighted by molar-refractivity contribution is 7.98. The molecule has 2 aromatic heterocycles. The summed E-state index contributed by atoms with van der Waals surface area (Å²) in [4.78, 5) is 13.1. The van der Waals surface area contributed by atoms with E-state index in [1.165, 1.54) is 12.2 Å². The van der Waals surface area contributed by atoms with Gasteiger partial charge in [0.05, 0.1) is 6.54 Å². The molecule has 0 radical (unpaired) electrons. The number of rotatable bonds is 9. The first-order valence-corrected chi connectivity index (χ1v) is 9.67. The van der Waals surface area contributed by atoms with Crippen molar-refractivity contribution < 1.29 is 0 Å². The van der Waals surface area contributed by atoms with Gasteiger partial charge in [-0.25, -0.2) is 15.0 Å². The molecule has 0 fully saturated rings. The molecular weight excluding hydrogens is 320 g/mol. The van der Waals surface area contributed by atoms with Gasteiger partial charge in [0, 0.05) is 31.7 Å². The summed E-state index contributed by atoms with van der Waals surface area (Å²) >= 11 is 1.89. The van der Waals surface area contributed by atoms with Crippen molar-refractivity contribution >= 4 is 17.7 Å². The molecule has 0 aliphatic carbocycles. The third-order valence-electron chi connectivity index (χ3n) is 3.41. The zero-order valence-corrected chi connectivity index (χ0v) is 15.2. The molecule has 6 nitrogen and oxygen atoms in total. The lowest BCUT2D eigenvalue weighted by molar-refractivity contribution is 0.734. The van der Waals surface area contributed by atoms with E-state index in [-0.39, 0.29) is 0 Å². The first-order chi connectivity index (χ1) is 11.8. The Hall–Kier alpha value is -2.02. The van der Waals surface area contributed by atoms with Crippen LogP contribution in [-0.2, 0) is 6.54 Å². The fourth-order valence-corrected chi connectivity index (χ4v) is 2.64. The van der Waals surface area contributed by atoms with Crippen LogP contribution in [-0.4, -0.2) is 45.6 Å². The number of hydrogen-bond acceptors (Lipinski definition) is 4. The first-order valence-electron chi connectivity index (χ1n) is 8.28. The van der Waals surface area contributed by atoms with Crippen molar-refractivity contribution in [1.82, 2.24) is 25.2 Å². The van der Waals surface area contributed by atoms with Gasteiger partial charge in [-0.1, -0.05) is 6.07 Å². The van der Waals surface area contributed by atoms with Gasteiger partial charge in [0.2, 0.25) is 0 Å². The molecule has 0 aliphatic rings. The Morgan fingerprint density at radius 1 is 1.29 bits per heavy atom. The van der Waals surface area contributed by atoms with E-state index in [1.54, 1.807) is 12.5 Å². The average molecular weight is 347 g/mol. The molecule has 7 heteroatoms. The highest BCUT2D eigenvalue weighted by Gasteiger charge is 2.00. The molecular formula is C17H26N6S. The molecule has 0 atom stereocenters. The Kier molecular flexibility index (Phi) is 8.17. The maximum Gasteiger partial charge on any atom is 0.191 e. The summed E-state index contributed by atoms with van der Waals surface area (Å²) in [6, 6.07) is 4.03. The minimum Gasteiger partial charge on any atom is -0.357 e. The molecule has 2 rings (SSSR count). The maximum absolute atomic E-state index is 4.62. The summed E-state index contributed by atoms with van der Waals surface area (Å²) in [5, 5.41) is 6.66. The largest absolute Gasteiger partial charge is 0.357 e. The second kappa shape index (κ2) is 10.7. The van der Waals surface area contributed by atoms with Gasteiger partial charge in [-0.3, -0.25) is 4.57 Å². The molecule has 0 saturated carbocycles. The van der Waals surface area contributed by atoms with Crippen LogP contribution in [0.4, 0.5) is 0 Å². The molecule has 0 unspecified atom stereocenters. The summed E-state index contributed by atoms with van der Waals surface area (Å²) in [7, 11) is 0. The van der Waals surface area contributed by atoms with Gasteiger partial charge in [-0.2, -0.15) is 11.8 Å². The number of guanidine groups is 1. The molecule has 0 aromatic carbocycles. The maximum atomic E-state index is 4.62. The number of aromatic nitrogens is 3. The Balaban J connectivity index is 1.85. The Morgan fingerprint density at radius 3 is 2.88 bits per heavy atom. The molecule has 130 valence electrons. The smallest absolute Gasteiger partial charge is 0.191 e. The second-order valence-corrected chi connectivity index (χ2v) is 6.30. The molecule has 24 heavy (non-hydrogen) atoms. The van der Waals surface area contributed by atoms with Crippen LogP contribution >= 0.6 is 11.8 Å². The normalized spacial score (nSPS) is 11.5.